The molecule has 0 amide bonds. The van der Waals surface area contributed by atoms with Crippen LogP contribution in [-0.4, -0.2) is 0 Å². The highest BCUT2D eigenvalue weighted by Gasteiger charge is 2.11. The van der Waals surface area contributed by atoms with Gasteiger partial charge in [-0.1, -0.05) is 17.7 Å². The highest BCUT2D eigenvalue weighted by molar-refractivity contribution is 5.61. The van der Waals surface area contributed by atoms with Crippen molar-refractivity contribution in [2.75, 3.05) is 0 Å². The minimum Gasteiger partial charge on any atom is -0.201 e. The number of benzene rings is 1. The van der Waals surface area contributed by atoms with E-state index in [1.165, 1.54) is 29.8 Å². The Bertz CT molecular complexity index is 805. The summed E-state index contributed by atoms with van der Waals surface area (Å²) in [5, 5.41) is 0. The lowest BCUT2D eigenvalue weighted by Crippen LogP contribution is -2.31. The molecule has 0 radical (unpaired) electrons. The van der Waals surface area contributed by atoms with Crippen molar-refractivity contribution < 1.29 is 16.9 Å². The fraction of sp³-hybridized carbons (Fsp3) is 0.267. The molecular weight excluding hydrogens is 194 g/mol. The van der Waals surface area contributed by atoms with Gasteiger partial charge in [0, 0.05) is 25.4 Å². The Labute approximate surface area is 110 Å². The number of aryl methyl sites for hydroxylation is 2. The van der Waals surface area contributed by atoms with Crippen LogP contribution in [0.5, 0.6) is 0 Å². The van der Waals surface area contributed by atoms with Gasteiger partial charge >= 0.3 is 0 Å². The maximum atomic E-state index is 8.21. The molecule has 0 aliphatic carbocycles. The first-order chi connectivity index (χ1) is 11.3. The van der Waals surface area contributed by atoms with Crippen LogP contribution in [0, 0.1) is 20.6 Å². The van der Waals surface area contributed by atoms with Gasteiger partial charge in [-0.15, -0.1) is 0 Å². The van der Waals surface area contributed by atoms with Crippen LogP contribution in [0.2, 0.25) is 0 Å². The first-order valence-corrected chi connectivity index (χ1v) is 4.88. The molecule has 0 unspecified atom stereocenters. The molecule has 1 heterocycles. The maximum Gasteiger partial charge on any atom is 0.212 e. The van der Waals surface area contributed by atoms with Crippen LogP contribution >= 0.6 is 0 Å². The molecule has 2 rings (SSSR count). The molecule has 0 aliphatic heterocycles. The summed E-state index contributed by atoms with van der Waals surface area (Å²) in [7, 11) is 1.46. The van der Waals surface area contributed by atoms with Gasteiger partial charge in [0.15, 0.2) is 6.17 Å². The largest absolute Gasteiger partial charge is 0.212 e. The Balaban J connectivity index is 2.78. The van der Waals surface area contributed by atoms with Crippen LogP contribution in [0.25, 0.3) is 11.3 Å². The molecule has 2 aromatic rings. The predicted molar refractivity (Wildman–Crippen MR) is 67.3 cm³/mol. The number of hydrogen-bond acceptors (Lipinski definition) is 0. The third-order valence-corrected chi connectivity index (χ3v) is 2.40. The fourth-order valence-corrected chi connectivity index (χ4v) is 1.63. The van der Waals surface area contributed by atoms with Crippen LogP contribution in [0.15, 0.2) is 36.5 Å². The van der Waals surface area contributed by atoms with Crippen LogP contribution in [-0.2, 0) is 7.05 Å². The molecule has 0 aliphatic rings. The highest BCUT2D eigenvalue weighted by atomic mass is 14.9. The van der Waals surface area contributed by atoms with E-state index in [4.69, 9.17) is 12.3 Å². The van der Waals surface area contributed by atoms with Crippen molar-refractivity contribution in [3.05, 3.63) is 53.1 Å². The van der Waals surface area contributed by atoms with Crippen LogP contribution in [0.1, 0.15) is 29.0 Å². The van der Waals surface area contributed by atoms with Gasteiger partial charge in [0.25, 0.3) is 0 Å². The third kappa shape index (κ3) is 1.99. The number of aromatic nitrogens is 1. The molecule has 1 heteroatoms. The molecule has 0 fully saturated rings. The van der Waals surface area contributed by atoms with E-state index in [1.807, 2.05) is 0 Å². The molecule has 1 aromatic heterocycles. The third-order valence-electron chi connectivity index (χ3n) is 2.40. The van der Waals surface area contributed by atoms with Gasteiger partial charge in [-0.05, 0) is 38.3 Å². The molecule has 0 atom stereocenters. The van der Waals surface area contributed by atoms with Crippen molar-refractivity contribution >= 4 is 0 Å². The fourth-order valence-electron chi connectivity index (χ4n) is 1.63. The SMILES string of the molecule is [2H]c1c([2H])c(-c2ccc(C([2H])([2H])[2H])cc2C)[n+](C)c([2H])c1C([2H])([2H])[2H]. The average Bonchev–Trinajstić information content (AvgIpc) is 2.44. The molecule has 0 saturated carbocycles. The number of rotatable bonds is 1. The summed E-state index contributed by atoms with van der Waals surface area (Å²) in [6.45, 7) is -3.25. The van der Waals surface area contributed by atoms with Crippen molar-refractivity contribution in [1.29, 1.82) is 0 Å². The molecule has 1 nitrogen and oxygen atoms in total. The van der Waals surface area contributed by atoms with Crippen LogP contribution in [0.3, 0.4) is 0 Å². The number of hydrogen-bond donors (Lipinski definition) is 0. The van der Waals surface area contributed by atoms with Gasteiger partial charge in [0.2, 0.25) is 5.69 Å². The molecular formula is C15H18N+. The van der Waals surface area contributed by atoms with Gasteiger partial charge in [0.1, 0.15) is 8.42 Å². The molecule has 1 aromatic carbocycles. The topological polar surface area (TPSA) is 3.88 Å². The lowest BCUT2D eigenvalue weighted by atomic mass is 10.0. The summed E-state index contributed by atoms with van der Waals surface area (Å²) < 4.78 is 70.5. The zero-order chi connectivity index (χ0) is 19.3. The zero-order valence-corrected chi connectivity index (χ0v) is 9.18. The van der Waals surface area contributed by atoms with Crippen molar-refractivity contribution in [1.82, 2.24) is 0 Å². The summed E-state index contributed by atoms with van der Waals surface area (Å²) in [4.78, 5) is 0. The van der Waals surface area contributed by atoms with E-state index in [0.717, 1.165) is 0 Å². The first kappa shape index (κ1) is 4.33. The Morgan fingerprint density at radius 3 is 2.69 bits per heavy atom. The Kier molecular flexibility index (Phi) is 1.11. The second-order valence-corrected chi connectivity index (χ2v) is 3.67. The van der Waals surface area contributed by atoms with E-state index in [1.54, 1.807) is 6.92 Å². The lowest BCUT2D eigenvalue weighted by molar-refractivity contribution is -0.660. The van der Waals surface area contributed by atoms with Gasteiger partial charge in [-0.25, -0.2) is 4.57 Å². The maximum absolute atomic E-state index is 8.21. The Morgan fingerprint density at radius 1 is 1.19 bits per heavy atom. The standard InChI is InChI=1S/C15H18N/c1-11-5-7-14(13(3)9-11)15-8-6-12(2)10-16(15)4/h5-10H,1-4H3/q+1/i1D3,2D3,6D,8D,10D. The molecule has 0 saturated heterocycles. The van der Waals surface area contributed by atoms with Crippen molar-refractivity contribution in [2.24, 2.45) is 7.05 Å². The van der Waals surface area contributed by atoms with Crippen LogP contribution in [0.4, 0.5) is 0 Å². The monoisotopic (exact) mass is 221 g/mol. The normalized spacial score (nSPS) is 20.2. The van der Waals surface area contributed by atoms with E-state index in [-0.39, 0.29) is 23.5 Å². The van der Waals surface area contributed by atoms with Crippen LogP contribution < -0.4 is 4.57 Å². The summed E-state index contributed by atoms with van der Waals surface area (Å²) in [5.41, 5.74) is 0.940. The minimum absolute atomic E-state index is 0.152. The van der Waals surface area contributed by atoms with Gasteiger partial charge in [-0.3, -0.25) is 0 Å². The van der Waals surface area contributed by atoms with Gasteiger partial charge in [-0.2, -0.15) is 0 Å². The van der Waals surface area contributed by atoms with Gasteiger partial charge in [0.05, 0.1) is 2.74 Å². The molecule has 0 spiro atoms. The number of pyridine rings is 1. The van der Waals surface area contributed by atoms with Crippen molar-refractivity contribution in [3.63, 3.8) is 0 Å². The summed E-state index contributed by atoms with van der Waals surface area (Å²) in [5.74, 6) is 0. The van der Waals surface area contributed by atoms with Crippen molar-refractivity contribution in [2.45, 2.75) is 20.6 Å². The van der Waals surface area contributed by atoms with E-state index < -0.39 is 25.3 Å². The summed E-state index contributed by atoms with van der Waals surface area (Å²) in [6.07, 6.45) is -0.365. The second kappa shape index (κ2) is 4.09. The van der Waals surface area contributed by atoms with E-state index in [0.29, 0.717) is 11.1 Å². The lowest BCUT2D eigenvalue weighted by Gasteiger charge is -2.05. The smallest absolute Gasteiger partial charge is 0.201 e. The Morgan fingerprint density at radius 2 is 2.00 bits per heavy atom. The van der Waals surface area contributed by atoms with Crippen molar-refractivity contribution in [3.8, 4) is 11.3 Å². The average molecular weight is 221 g/mol. The predicted octanol–water partition coefficient (Wildman–Crippen LogP) is 3.10. The zero-order valence-electron chi connectivity index (χ0n) is 18.2. The summed E-state index contributed by atoms with van der Waals surface area (Å²) >= 11 is 0. The number of nitrogens with zero attached hydrogens (tertiary/aromatic N) is 1. The Hall–Kier alpha value is -1.63. The second-order valence-electron chi connectivity index (χ2n) is 3.67. The highest BCUT2D eigenvalue weighted by Crippen LogP contribution is 2.21. The van der Waals surface area contributed by atoms with E-state index in [2.05, 4.69) is 0 Å². The summed E-state index contributed by atoms with van der Waals surface area (Å²) in [6, 6.07) is 3.59. The quantitative estimate of drug-likeness (QED) is 0.652. The minimum atomic E-state index is -2.67. The molecule has 16 heavy (non-hydrogen) atoms. The first-order valence-electron chi connectivity index (χ1n) is 9.38. The van der Waals surface area contributed by atoms with E-state index >= 15 is 0 Å². The molecule has 0 N–H and O–H groups in total. The molecule has 0 bridgehead atoms. The van der Waals surface area contributed by atoms with Gasteiger partial charge < -0.3 is 0 Å². The molecule has 82 valence electrons. The van der Waals surface area contributed by atoms with E-state index in [9.17, 15) is 0 Å².